The van der Waals surface area contributed by atoms with Crippen molar-refractivity contribution in [3.05, 3.63) is 18.1 Å². The average molecular weight is 306 g/mol. The summed E-state index contributed by atoms with van der Waals surface area (Å²) >= 11 is 0. The number of ether oxygens (including phenoxy) is 1. The number of rotatable bonds is 2. The van der Waals surface area contributed by atoms with Gasteiger partial charge in [0.2, 0.25) is 0 Å². The van der Waals surface area contributed by atoms with Gasteiger partial charge in [-0.15, -0.1) is 0 Å². The van der Waals surface area contributed by atoms with Crippen LogP contribution in [0.2, 0.25) is 0 Å². The Balaban J connectivity index is 1.95. The van der Waals surface area contributed by atoms with Crippen LogP contribution in [0.25, 0.3) is 0 Å². The quantitative estimate of drug-likeness (QED) is 0.840. The third-order valence-corrected chi connectivity index (χ3v) is 3.43. The lowest BCUT2D eigenvalue weighted by Gasteiger charge is -2.36. The smallest absolute Gasteiger partial charge is 0.410 e. The summed E-state index contributed by atoms with van der Waals surface area (Å²) in [5, 5.41) is 0. The topological polar surface area (TPSA) is 58.6 Å². The third-order valence-electron chi connectivity index (χ3n) is 3.43. The molecular weight excluding hydrogens is 280 g/mol. The highest BCUT2D eigenvalue weighted by Crippen LogP contribution is 2.18. The van der Waals surface area contributed by atoms with Gasteiger partial charge in [-0.2, -0.15) is 0 Å². The zero-order chi connectivity index (χ0) is 16.3. The fourth-order valence-electron chi connectivity index (χ4n) is 2.26. The number of amides is 1. The van der Waals surface area contributed by atoms with Crippen molar-refractivity contribution in [2.75, 3.05) is 31.1 Å². The van der Waals surface area contributed by atoms with Gasteiger partial charge in [-0.05, 0) is 26.8 Å². The predicted molar refractivity (Wildman–Crippen MR) is 86.1 cm³/mol. The van der Waals surface area contributed by atoms with E-state index in [-0.39, 0.29) is 6.09 Å². The Morgan fingerprint density at radius 1 is 1.23 bits per heavy atom. The molecule has 0 radical (unpaired) electrons. The molecule has 0 spiro atoms. The first-order valence-corrected chi connectivity index (χ1v) is 7.82. The highest BCUT2D eigenvalue weighted by Gasteiger charge is 2.26. The minimum Gasteiger partial charge on any atom is -0.444 e. The maximum absolute atomic E-state index is 12.1. The molecule has 2 rings (SSSR count). The van der Waals surface area contributed by atoms with Gasteiger partial charge in [0.05, 0.1) is 0 Å². The van der Waals surface area contributed by atoms with Crippen molar-refractivity contribution in [3.63, 3.8) is 0 Å². The van der Waals surface area contributed by atoms with Gasteiger partial charge in [-0.25, -0.2) is 14.8 Å². The Morgan fingerprint density at radius 2 is 1.86 bits per heavy atom. The number of nitrogens with zero attached hydrogens (tertiary/aromatic N) is 4. The van der Waals surface area contributed by atoms with E-state index in [0.29, 0.717) is 19.0 Å². The molecule has 1 amide bonds. The van der Waals surface area contributed by atoms with Crippen LogP contribution < -0.4 is 4.90 Å². The molecule has 1 aliphatic heterocycles. The predicted octanol–water partition coefficient (Wildman–Crippen LogP) is 2.66. The van der Waals surface area contributed by atoms with Crippen LogP contribution in [0.3, 0.4) is 0 Å². The maximum Gasteiger partial charge on any atom is 0.410 e. The first-order chi connectivity index (χ1) is 10.3. The number of anilines is 1. The first-order valence-electron chi connectivity index (χ1n) is 7.82. The van der Waals surface area contributed by atoms with Crippen molar-refractivity contribution in [3.8, 4) is 0 Å². The van der Waals surface area contributed by atoms with Gasteiger partial charge in [-0.3, -0.25) is 0 Å². The fraction of sp³-hybridized carbons (Fsp3) is 0.688. The zero-order valence-corrected chi connectivity index (χ0v) is 14.2. The van der Waals surface area contributed by atoms with Crippen molar-refractivity contribution in [1.29, 1.82) is 0 Å². The second-order valence-electron chi connectivity index (χ2n) is 6.88. The normalized spacial score (nSPS) is 16.1. The van der Waals surface area contributed by atoms with Crippen molar-refractivity contribution < 1.29 is 9.53 Å². The molecule has 1 aromatic heterocycles. The molecule has 122 valence electrons. The number of carbonyl (C=O) groups excluding carboxylic acids is 1. The molecule has 0 aliphatic carbocycles. The zero-order valence-electron chi connectivity index (χ0n) is 14.2. The lowest BCUT2D eigenvalue weighted by molar-refractivity contribution is 0.0240. The number of hydrogen-bond donors (Lipinski definition) is 0. The summed E-state index contributed by atoms with van der Waals surface area (Å²) in [4.78, 5) is 24.9. The summed E-state index contributed by atoms with van der Waals surface area (Å²) in [6.45, 7) is 12.6. The van der Waals surface area contributed by atoms with Crippen LogP contribution in [0.5, 0.6) is 0 Å². The molecule has 2 heterocycles. The van der Waals surface area contributed by atoms with Gasteiger partial charge in [-0.1, -0.05) is 13.8 Å². The molecule has 6 nitrogen and oxygen atoms in total. The highest BCUT2D eigenvalue weighted by atomic mass is 16.6. The summed E-state index contributed by atoms with van der Waals surface area (Å²) in [6.07, 6.45) is 1.57. The molecule has 0 aromatic carbocycles. The van der Waals surface area contributed by atoms with Crippen LogP contribution in [0, 0.1) is 0 Å². The summed E-state index contributed by atoms with van der Waals surface area (Å²) < 4.78 is 5.41. The minimum atomic E-state index is -0.451. The van der Waals surface area contributed by atoms with E-state index < -0.39 is 5.60 Å². The van der Waals surface area contributed by atoms with Gasteiger partial charge < -0.3 is 14.5 Å². The molecule has 22 heavy (non-hydrogen) atoms. The molecule has 1 aliphatic rings. The lowest BCUT2D eigenvalue weighted by Crippen LogP contribution is -2.50. The Kier molecular flexibility index (Phi) is 4.88. The van der Waals surface area contributed by atoms with E-state index in [1.165, 1.54) is 0 Å². The van der Waals surface area contributed by atoms with Crippen LogP contribution in [0.4, 0.5) is 10.6 Å². The molecule has 1 fully saturated rings. The Morgan fingerprint density at radius 3 is 2.41 bits per heavy atom. The van der Waals surface area contributed by atoms with Gasteiger partial charge in [0.25, 0.3) is 0 Å². The van der Waals surface area contributed by atoms with Crippen LogP contribution in [0.15, 0.2) is 12.3 Å². The van der Waals surface area contributed by atoms with Crippen LogP contribution >= 0.6 is 0 Å². The Hall–Kier alpha value is -1.85. The molecule has 1 aromatic rings. The molecular formula is C16H26N4O2. The molecule has 6 heteroatoms. The number of aromatic nitrogens is 2. The molecule has 0 bridgehead atoms. The van der Waals surface area contributed by atoms with E-state index in [4.69, 9.17) is 4.74 Å². The van der Waals surface area contributed by atoms with Crippen LogP contribution in [-0.2, 0) is 4.74 Å². The van der Waals surface area contributed by atoms with Crippen LogP contribution in [0.1, 0.15) is 46.4 Å². The maximum atomic E-state index is 12.1. The van der Waals surface area contributed by atoms with Crippen molar-refractivity contribution in [1.82, 2.24) is 14.9 Å². The van der Waals surface area contributed by atoms with Crippen molar-refractivity contribution >= 4 is 11.9 Å². The summed E-state index contributed by atoms with van der Waals surface area (Å²) in [5.74, 6) is 2.10. The van der Waals surface area contributed by atoms with Crippen molar-refractivity contribution in [2.45, 2.75) is 46.1 Å². The summed E-state index contributed by atoms with van der Waals surface area (Å²) in [5.41, 5.74) is -0.451. The Bertz CT molecular complexity index is 517. The van der Waals surface area contributed by atoms with E-state index >= 15 is 0 Å². The molecule has 0 atom stereocenters. The van der Waals surface area contributed by atoms with E-state index in [2.05, 4.69) is 28.7 Å². The molecule has 1 saturated heterocycles. The fourth-order valence-corrected chi connectivity index (χ4v) is 2.26. The second kappa shape index (κ2) is 6.50. The number of hydrogen-bond acceptors (Lipinski definition) is 5. The number of piperazine rings is 1. The molecule has 0 N–H and O–H groups in total. The van der Waals surface area contributed by atoms with E-state index in [1.54, 1.807) is 11.1 Å². The first kappa shape index (κ1) is 16.5. The highest BCUT2D eigenvalue weighted by molar-refractivity contribution is 5.68. The largest absolute Gasteiger partial charge is 0.444 e. The van der Waals surface area contributed by atoms with Crippen molar-refractivity contribution in [2.24, 2.45) is 0 Å². The SMILES string of the molecule is CC(C)c1nccc(N2CCN(C(=O)OC(C)(C)C)CC2)n1. The van der Waals surface area contributed by atoms with E-state index in [1.807, 2.05) is 26.8 Å². The molecule has 0 unspecified atom stereocenters. The van der Waals surface area contributed by atoms with Gasteiger partial charge >= 0.3 is 6.09 Å². The van der Waals surface area contributed by atoms with Crippen LogP contribution in [-0.4, -0.2) is 52.7 Å². The minimum absolute atomic E-state index is 0.238. The van der Waals surface area contributed by atoms with Gasteiger partial charge in [0.1, 0.15) is 17.2 Å². The summed E-state index contributed by atoms with van der Waals surface area (Å²) in [7, 11) is 0. The second-order valence-corrected chi connectivity index (χ2v) is 6.88. The van der Waals surface area contributed by atoms with Gasteiger partial charge in [0.15, 0.2) is 0 Å². The Labute approximate surface area is 132 Å². The molecule has 0 saturated carbocycles. The average Bonchev–Trinajstić information content (AvgIpc) is 2.46. The standard InChI is InChI=1S/C16H26N4O2/c1-12(2)14-17-7-6-13(18-14)19-8-10-20(11-9-19)15(21)22-16(3,4)5/h6-7,12H,8-11H2,1-5H3. The van der Waals surface area contributed by atoms with Gasteiger partial charge in [0, 0.05) is 38.3 Å². The van der Waals surface area contributed by atoms with E-state index in [9.17, 15) is 4.79 Å². The van der Waals surface area contributed by atoms with E-state index in [0.717, 1.165) is 24.7 Å². The lowest BCUT2D eigenvalue weighted by atomic mass is 10.2. The monoisotopic (exact) mass is 306 g/mol. The summed E-state index contributed by atoms with van der Waals surface area (Å²) in [6, 6.07) is 1.93. The number of carbonyl (C=O) groups is 1. The third kappa shape index (κ3) is 4.32.